The van der Waals surface area contributed by atoms with Gasteiger partial charge in [-0.05, 0) is 49.2 Å². The first kappa shape index (κ1) is 25.9. The fraction of sp³-hybridized carbons (Fsp3) is 0.200. The van der Waals surface area contributed by atoms with Crippen molar-refractivity contribution in [3.8, 4) is 10.4 Å². The largest absolute Gasteiger partial charge is 0.393 e. The van der Waals surface area contributed by atoms with Gasteiger partial charge in [-0.1, -0.05) is 6.07 Å². The molecule has 3 aromatic heterocycles. The number of pyridine rings is 1. The molecule has 12 heteroatoms. The molecule has 0 spiro atoms. The first-order valence-electron chi connectivity index (χ1n) is 11.2. The van der Waals surface area contributed by atoms with Gasteiger partial charge in [-0.2, -0.15) is 5.10 Å². The van der Waals surface area contributed by atoms with Crippen LogP contribution < -0.4 is 16.4 Å². The quantitative estimate of drug-likeness (QED) is 0.264. The summed E-state index contributed by atoms with van der Waals surface area (Å²) >= 11 is 0.947. The fourth-order valence-corrected chi connectivity index (χ4v) is 4.80. The summed E-state index contributed by atoms with van der Waals surface area (Å²) in [6.45, 7) is 1.66. The second-order valence-electron chi connectivity index (χ2n) is 8.43. The molecule has 0 radical (unpaired) electrons. The lowest BCUT2D eigenvalue weighted by molar-refractivity contribution is 0.0949. The van der Waals surface area contributed by atoms with Gasteiger partial charge in [0.15, 0.2) is 0 Å². The predicted molar refractivity (Wildman–Crippen MR) is 135 cm³/mol. The summed E-state index contributed by atoms with van der Waals surface area (Å²) in [4.78, 5) is 28.9. The van der Waals surface area contributed by atoms with Crippen LogP contribution in [0.4, 0.5) is 19.6 Å². The molecule has 1 aromatic carbocycles. The third-order valence-corrected chi connectivity index (χ3v) is 6.39. The molecule has 0 aliphatic rings. The topological polar surface area (TPSA) is 135 Å². The number of aliphatic hydroxyl groups excluding tert-OH is 1. The van der Waals surface area contributed by atoms with Crippen LogP contribution >= 0.6 is 11.3 Å². The number of primary amides is 1. The van der Waals surface area contributed by atoms with Crippen LogP contribution in [-0.2, 0) is 20.0 Å². The van der Waals surface area contributed by atoms with Crippen molar-refractivity contribution in [2.75, 3.05) is 5.32 Å². The first-order chi connectivity index (χ1) is 17.6. The number of thiophene rings is 1. The molecule has 5 N–H and O–H groups in total. The molecular weight excluding hydrogens is 502 g/mol. The smallest absolute Gasteiger partial charge is 0.254 e. The van der Waals surface area contributed by atoms with Gasteiger partial charge < -0.3 is 21.5 Å². The zero-order valence-corrected chi connectivity index (χ0v) is 20.8. The number of aliphatic hydroxyl groups is 1. The third-order valence-electron chi connectivity index (χ3n) is 5.32. The molecule has 3 heterocycles. The summed E-state index contributed by atoms with van der Waals surface area (Å²) in [6.07, 6.45) is 2.39. The Kier molecular flexibility index (Phi) is 7.60. The minimum absolute atomic E-state index is 0.0453. The van der Waals surface area contributed by atoms with E-state index in [4.69, 9.17) is 5.73 Å². The number of nitrogens with zero attached hydrogens (tertiary/aromatic N) is 3. The van der Waals surface area contributed by atoms with E-state index < -0.39 is 23.6 Å². The highest BCUT2D eigenvalue weighted by molar-refractivity contribution is 7.20. The van der Waals surface area contributed by atoms with E-state index >= 15 is 0 Å². The summed E-state index contributed by atoms with van der Waals surface area (Å²) in [5.41, 5.74) is 6.53. The highest BCUT2D eigenvalue weighted by Gasteiger charge is 2.21. The van der Waals surface area contributed by atoms with Crippen LogP contribution in [0.5, 0.6) is 0 Å². The fourth-order valence-electron chi connectivity index (χ4n) is 3.69. The number of hydrogen-bond acceptors (Lipinski definition) is 7. The molecular formula is C25H24F2N6O3S. The van der Waals surface area contributed by atoms with E-state index in [-0.39, 0.29) is 39.9 Å². The Bertz CT molecular complexity index is 1440. The average Bonchev–Trinajstić information content (AvgIpc) is 3.43. The Labute approximate surface area is 215 Å². The maximum absolute atomic E-state index is 14.8. The number of hydrogen-bond donors (Lipinski definition) is 4. The molecule has 1 unspecified atom stereocenters. The van der Waals surface area contributed by atoms with Crippen molar-refractivity contribution in [1.82, 2.24) is 20.1 Å². The molecule has 0 saturated carbocycles. The van der Waals surface area contributed by atoms with Crippen LogP contribution in [0.1, 0.15) is 38.9 Å². The number of nitrogens with two attached hydrogens (primary N) is 1. The SMILES string of the molecule is CC(O)Cc1cc(F)c(-c2cc(C(N)=O)c(Nc3cccc(CNC(=O)c4cnn(C)c4)n3)s2)c(F)c1. The molecule has 0 aliphatic carbocycles. The van der Waals surface area contributed by atoms with Crippen LogP contribution in [0.25, 0.3) is 10.4 Å². The van der Waals surface area contributed by atoms with Crippen LogP contribution in [0.15, 0.2) is 48.8 Å². The number of aromatic nitrogens is 3. The number of aryl methyl sites for hydroxylation is 1. The highest BCUT2D eigenvalue weighted by Crippen LogP contribution is 2.39. The monoisotopic (exact) mass is 526 g/mol. The van der Waals surface area contributed by atoms with Crippen molar-refractivity contribution in [3.05, 3.63) is 82.8 Å². The lowest BCUT2D eigenvalue weighted by atomic mass is 10.0. The van der Waals surface area contributed by atoms with Crippen molar-refractivity contribution >= 4 is 34.0 Å². The second kappa shape index (κ2) is 10.8. The van der Waals surface area contributed by atoms with Gasteiger partial charge in [0.05, 0.1) is 41.2 Å². The van der Waals surface area contributed by atoms with E-state index in [0.717, 1.165) is 23.5 Å². The van der Waals surface area contributed by atoms with E-state index in [9.17, 15) is 23.5 Å². The lowest BCUT2D eigenvalue weighted by Gasteiger charge is -2.09. The van der Waals surface area contributed by atoms with Crippen molar-refractivity contribution in [2.45, 2.75) is 26.0 Å². The van der Waals surface area contributed by atoms with Crippen LogP contribution in [0.3, 0.4) is 0 Å². The molecule has 0 fully saturated rings. The van der Waals surface area contributed by atoms with E-state index in [1.807, 2.05) is 0 Å². The molecule has 2 amide bonds. The van der Waals surface area contributed by atoms with Crippen LogP contribution in [0, 0.1) is 11.6 Å². The summed E-state index contributed by atoms with van der Waals surface area (Å²) in [5.74, 6) is -2.38. The normalized spacial score (nSPS) is 11.8. The molecule has 37 heavy (non-hydrogen) atoms. The Morgan fingerprint density at radius 2 is 1.95 bits per heavy atom. The van der Waals surface area contributed by atoms with Gasteiger partial charge in [-0.3, -0.25) is 14.3 Å². The first-order valence-corrected chi connectivity index (χ1v) is 12.0. The van der Waals surface area contributed by atoms with Gasteiger partial charge >= 0.3 is 0 Å². The maximum Gasteiger partial charge on any atom is 0.254 e. The number of anilines is 2. The van der Waals surface area contributed by atoms with Gasteiger partial charge in [0.2, 0.25) is 0 Å². The number of nitrogens with one attached hydrogen (secondary N) is 2. The zero-order valence-electron chi connectivity index (χ0n) is 20.0. The minimum Gasteiger partial charge on any atom is -0.393 e. The molecule has 0 aliphatic heterocycles. The average molecular weight is 527 g/mol. The standard InChI is InChI=1S/C25H24F2N6O3S/c1-13(34)6-14-7-18(26)22(19(27)8-14)20-9-17(23(28)35)25(37-20)32-21-5-3-4-16(31-21)11-29-24(36)15-10-30-33(2)12-15/h3-5,7-10,12-13,34H,6,11H2,1-2H3,(H2,28,35)(H,29,36)(H,31,32). The number of rotatable bonds is 9. The van der Waals surface area contributed by atoms with Crippen molar-refractivity contribution in [2.24, 2.45) is 12.8 Å². The second-order valence-corrected chi connectivity index (χ2v) is 9.48. The van der Waals surface area contributed by atoms with Crippen LogP contribution in [-0.4, -0.2) is 37.8 Å². The predicted octanol–water partition coefficient (Wildman–Crippen LogP) is 3.52. The lowest BCUT2D eigenvalue weighted by Crippen LogP contribution is -2.23. The van der Waals surface area contributed by atoms with Gasteiger partial charge in [0, 0.05) is 18.1 Å². The number of halogens is 2. The molecule has 4 aromatic rings. The molecule has 192 valence electrons. The van der Waals surface area contributed by atoms with E-state index in [2.05, 4.69) is 20.7 Å². The van der Waals surface area contributed by atoms with E-state index in [0.29, 0.717) is 22.6 Å². The molecule has 0 saturated heterocycles. The number of carbonyl (C=O) groups is 2. The number of carbonyl (C=O) groups excluding carboxylic acids is 2. The Morgan fingerprint density at radius 1 is 1.22 bits per heavy atom. The summed E-state index contributed by atoms with van der Waals surface area (Å²) < 4.78 is 31.2. The third kappa shape index (κ3) is 6.16. The summed E-state index contributed by atoms with van der Waals surface area (Å²) in [7, 11) is 1.71. The maximum atomic E-state index is 14.8. The van der Waals surface area contributed by atoms with Crippen molar-refractivity contribution in [3.63, 3.8) is 0 Å². The van der Waals surface area contributed by atoms with Crippen LogP contribution in [0.2, 0.25) is 0 Å². The Balaban J connectivity index is 1.55. The van der Waals surface area contributed by atoms with Crippen molar-refractivity contribution < 1.29 is 23.5 Å². The highest BCUT2D eigenvalue weighted by atomic mass is 32.1. The molecule has 1 atom stereocenters. The molecule has 4 rings (SSSR count). The Hall–Kier alpha value is -4.16. The summed E-state index contributed by atoms with van der Waals surface area (Å²) in [5, 5.41) is 19.5. The summed E-state index contributed by atoms with van der Waals surface area (Å²) in [6, 6.07) is 8.70. The number of amides is 2. The van der Waals surface area contributed by atoms with E-state index in [1.165, 1.54) is 23.9 Å². The van der Waals surface area contributed by atoms with Gasteiger partial charge in [-0.25, -0.2) is 13.8 Å². The van der Waals surface area contributed by atoms with E-state index in [1.54, 1.807) is 31.4 Å². The van der Waals surface area contributed by atoms with Crippen molar-refractivity contribution in [1.29, 1.82) is 0 Å². The van der Waals surface area contributed by atoms with Gasteiger partial charge in [0.1, 0.15) is 22.5 Å². The number of benzene rings is 1. The van der Waals surface area contributed by atoms with Gasteiger partial charge in [-0.15, -0.1) is 11.3 Å². The molecule has 9 nitrogen and oxygen atoms in total. The zero-order chi connectivity index (χ0) is 26.7. The molecule has 0 bridgehead atoms. The van der Waals surface area contributed by atoms with Gasteiger partial charge in [0.25, 0.3) is 11.8 Å². The minimum atomic E-state index is -0.816. The Morgan fingerprint density at radius 3 is 2.57 bits per heavy atom.